The van der Waals surface area contributed by atoms with Gasteiger partial charge in [0.05, 0.1) is 18.8 Å². The van der Waals surface area contributed by atoms with Gasteiger partial charge in [-0.25, -0.2) is 4.68 Å². The first-order chi connectivity index (χ1) is 11.8. The summed E-state index contributed by atoms with van der Waals surface area (Å²) in [5.41, 5.74) is 2.39. The molecule has 1 fully saturated rings. The maximum Gasteiger partial charge on any atom is 0.118 e. The minimum absolute atomic E-state index is 0.327. The van der Waals surface area contributed by atoms with E-state index in [1.807, 2.05) is 0 Å². The molecule has 0 bridgehead atoms. The zero-order chi connectivity index (χ0) is 16.5. The summed E-state index contributed by atoms with van der Waals surface area (Å²) in [7, 11) is 1.77. The summed E-state index contributed by atoms with van der Waals surface area (Å²) in [5, 5.41) is 8.90. The third-order valence-corrected chi connectivity index (χ3v) is 5.03. The zero-order valence-electron chi connectivity index (χ0n) is 14.6. The van der Waals surface area contributed by atoms with E-state index in [-0.39, 0.29) is 0 Å². The fourth-order valence-corrected chi connectivity index (χ4v) is 3.64. The smallest absolute Gasteiger partial charge is 0.118 e. The quantitative estimate of drug-likeness (QED) is 0.781. The van der Waals surface area contributed by atoms with Crippen molar-refractivity contribution in [1.29, 1.82) is 0 Å². The van der Waals surface area contributed by atoms with Crippen LogP contribution in [0.4, 0.5) is 0 Å². The lowest BCUT2D eigenvalue weighted by Gasteiger charge is -2.31. The van der Waals surface area contributed by atoms with Crippen LogP contribution in [0.25, 0.3) is 0 Å². The lowest BCUT2D eigenvalue weighted by molar-refractivity contribution is 0.127. The number of methoxy groups -OCH3 is 1. The summed E-state index contributed by atoms with van der Waals surface area (Å²) in [6.07, 6.45) is 3.59. The van der Waals surface area contributed by atoms with E-state index in [4.69, 9.17) is 9.15 Å². The second-order valence-corrected chi connectivity index (χ2v) is 7.09. The van der Waals surface area contributed by atoms with Crippen molar-refractivity contribution >= 4 is 0 Å². The van der Waals surface area contributed by atoms with Crippen LogP contribution in [0, 0.1) is 5.92 Å². The molecule has 0 saturated heterocycles. The van der Waals surface area contributed by atoms with Crippen LogP contribution >= 0.6 is 0 Å². The number of fused-ring (bicyclic) bond motifs is 1. The number of ether oxygens (including phenoxy) is 1. The number of hydrogen-bond donors (Lipinski definition) is 0. The highest BCUT2D eigenvalue weighted by molar-refractivity contribution is 5.20. The second kappa shape index (κ2) is 6.69. The van der Waals surface area contributed by atoms with E-state index in [0.29, 0.717) is 12.5 Å². The van der Waals surface area contributed by atoms with E-state index < -0.39 is 0 Å². The molecule has 1 saturated carbocycles. The van der Waals surface area contributed by atoms with E-state index >= 15 is 0 Å². The third kappa shape index (κ3) is 3.26. The summed E-state index contributed by atoms with van der Waals surface area (Å²) in [4.78, 5) is 2.39. The number of rotatable bonds is 7. The predicted octanol–water partition coefficient (Wildman–Crippen LogP) is 2.59. The minimum Gasteiger partial charge on any atom is -0.465 e. The van der Waals surface area contributed by atoms with Gasteiger partial charge >= 0.3 is 0 Å². The molecule has 2 aromatic rings. The van der Waals surface area contributed by atoms with Crippen molar-refractivity contribution in [2.24, 2.45) is 5.92 Å². The van der Waals surface area contributed by atoms with Crippen molar-refractivity contribution in [2.75, 3.05) is 20.3 Å². The molecule has 0 radical (unpaired) electrons. The summed E-state index contributed by atoms with van der Waals surface area (Å²) in [5.74, 6) is 3.20. The molecule has 24 heavy (non-hydrogen) atoms. The fraction of sp³-hybridized carbons (Fsp3) is 0.667. The van der Waals surface area contributed by atoms with Gasteiger partial charge < -0.3 is 9.15 Å². The van der Waals surface area contributed by atoms with Crippen molar-refractivity contribution in [3.8, 4) is 0 Å². The Morgan fingerprint density at radius 2 is 2.12 bits per heavy atom. The number of aromatic nitrogens is 3. The van der Waals surface area contributed by atoms with Gasteiger partial charge in [-0.3, -0.25) is 4.90 Å². The van der Waals surface area contributed by atoms with E-state index in [1.165, 1.54) is 18.5 Å². The van der Waals surface area contributed by atoms with E-state index in [9.17, 15) is 0 Å². The van der Waals surface area contributed by atoms with Crippen LogP contribution in [0.15, 0.2) is 16.5 Å². The minimum atomic E-state index is 0.327. The van der Waals surface area contributed by atoms with Crippen molar-refractivity contribution in [3.05, 3.63) is 35.0 Å². The molecule has 2 aliphatic rings. The molecule has 4 rings (SSSR count). The molecule has 0 amide bonds. The molecular formula is C18H26N4O2. The SMILES string of the molecule is CCc1ccc(CN2Cc3nnn(CC4CC4)c3[C@H](COC)C2)o1. The van der Waals surface area contributed by atoms with Crippen LogP contribution in [0.2, 0.25) is 0 Å². The van der Waals surface area contributed by atoms with Gasteiger partial charge in [0.2, 0.25) is 0 Å². The molecule has 130 valence electrons. The largest absolute Gasteiger partial charge is 0.465 e. The van der Waals surface area contributed by atoms with Crippen LogP contribution in [-0.2, 0) is 30.8 Å². The molecular weight excluding hydrogens is 304 g/mol. The van der Waals surface area contributed by atoms with Gasteiger partial charge in [0, 0.05) is 39.1 Å². The Hall–Kier alpha value is -1.66. The van der Waals surface area contributed by atoms with Crippen LogP contribution in [0.5, 0.6) is 0 Å². The Bertz CT molecular complexity index is 689. The molecule has 0 N–H and O–H groups in total. The topological polar surface area (TPSA) is 56.3 Å². The highest BCUT2D eigenvalue weighted by Crippen LogP contribution is 2.34. The van der Waals surface area contributed by atoms with Crippen LogP contribution in [0.3, 0.4) is 0 Å². The summed E-state index contributed by atoms with van der Waals surface area (Å²) >= 11 is 0. The second-order valence-electron chi connectivity index (χ2n) is 7.09. The lowest BCUT2D eigenvalue weighted by atomic mass is 9.98. The number of nitrogens with zero attached hydrogens (tertiary/aromatic N) is 4. The molecule has 0 aromatic carbocycles. The van der Waals surface area contributed by atoms with Gasteiger partial charge in [-0.1, -0.05) is 12.1 Å². The molecule has 0 unspecified atom stereocenters. The number of aryl methyl sites for hydroxylation is 1. The standard InChI is InChI=1S/C18H26N4O2/c1-3-15-6-7-16(24-15)10-21-9-14(12-23-2)18-17(11-21)19-20-22(18)8-13-4-5-13/h6-7,13-14H,3-5,8-12H2,1-2H3/t14-/m0/s1. The van der Waals surface area contributed by atoms with Gasteiger partial charge in [-0.05, 0) is 30.9 Å². The Labute approximate surface area is 142 Å². The first-order valence-electron chi connectivity index (χ1n) is 8.98. The predicted molar refractivity (Wildman–Crippen MR) is 89.6 cm³/mol. The zero-order valence-corrected chi connectivity index (χ0v) is 14.6. The van der Waals surface area contributed by atoms with E-state index in [1.54, 1.807) is 7.11 Å². The lowest BCUT2D eigenvalue weighted by Crippen LogP contribution is -2.36. The van der Waals surface area contributed by atoms with E-state index in [2.05, 4.69) is 39.0 Å². The molecule has 6 nitrogen and oxygen atoms in total. The molecule has 1 aliphatic carbocycles. The average molecular weight is 330 g/mol. The van der Waals surface area contributed by atoms with Crippen LogP contribution < -0.4 is 0 Å². The Balaban J connectivity index is 1.52. The maximum atomic E-state index is 5.87. The molecule has 0 spiro atoms. The molecule has 1 aliphatic heterocycles. The Kier molecular flexibility index (Phi) is 4.41. The van der Waals surface area contributed by atoms with Gasteiger partial charge in [-0.15, -0.1) is 5.10 Å². The highest BCUT2D eigenvalue weighted by Gasteiger charge is 2.33. The summed E-state index contributed by atoms with van der Waals surface area (Å²) in [6, 6.07) is 4.16. The number of furan rings is 1. The first kappa shape index (κ1) is 15.8. The van der Waals surface area contributed by atoms with Crippen molar-refractivity contribution < 1.29 is 9.15 Å². The van der Waals surface area contributed by atoms with Crippen LogP contribution in [0.1, 0.15) is 48.6 Å². The normalized spacial score (nSPS) is 21.2. The van der Waals surface area contributed by atoms with Crippen molar-refractivity contribution in [2.45, 2.75) is 51.7 Å². The Morgan fingerprint density at radius 3 is 2.83 bits per heavy atom. The van der Waals surface area contributed by atoms with E-state index in [0.717, 1.165) is 55.7 Å². The van der Waals surface area contributed by atoms with Gasteiger partial charge in [0.1, 0.15) is 17.2 Å². The Morgan fingerprint density at radius 1 is 1.29 bits per heavy atom. The monoisotopic (exact) mass is 330 g/mol. The first-order valence-corrected chi connectivity index (χ1v) is 8.98. The maximum absolute atomic E-state index is 5.87. The molecule has 6 heteroatoms. The highest BCUT2D eigenvalue weighted by atomic mass is 16.5. The molecule has 1 atom stereocenters. The van der Waals surface area contributed by atoms with Crippen molar-refractivity contribution in [3.63, 3.8) is 0 Å². The van der Waals surface area contributed by atoms with Gasteiger partial charge in [0.25, 0.3) is 0 Å². The number of hydrogen-bond acceptors (Lipinski definition) is 5. The third-order valence-electron chi connectivity index (χ3n) is 5.03. The fourth-order valence-electron chi connectivity index (χ4n) is 3.64. The molecule has 2 aromatic heterocycles. The summed E-state index contributed by atoms with van der Waals surface area (Å²) in [6.45, 7) is 6.45. The molecule has 3 heterocycles. The average Bonchev–Trinajstić information content (AvgIpc) is 3.12. The van der Waals surface area contributed by atoms with Crippen molar-refractivity contribution in [1.82, 2.24) is 19.9 Å². The summed E-state index contributed by atoms with van der Waals surface area (Å²) < 4.78 is 13.5. The van der Waals surface area contributed by atoms with Crippen LogP contribution in [-0.4, -0.2) is 40.2 Å². The van der Waals surface area contributed by atoms with Gasteiger partial charge in [0.15, 0.2) is 0 Å². The van der Waals surface area contributed by atoms with Gasteiger partial charge in [-0.2, -0.15) is 0 Å².